The molecule has 0 radical (unpaired) electrons. The fourth-order valence-electron chi connectivity index (χ4n) is 1.17. The van der Waals surface area contributed by atoms with E-state index in [-0.39, 0.29) is 10.5 Å². The maximum absolute atomic E-state index is 11.8. The summed E-state index contributed by atoms with van der Waals surface area (Å²) in [5.41, 5.74) is 0.802. The van der Waals surface area contributed by atoms with Crippen molar-refractivity contribution < 1.29 is 8.42 Å². The number of nitrogens with one attached hydrogen (secondary N) is 1. The van der Waals surface area contributed by atoms with Crippen molar-refractivity contribution in [2.75, 3.05) is 12.5 Å². The summed E-state index contributed by atoms with van der Waals surface area (Å²) in [5, 5.41) is 0. The molecule has 0 aliphatic heterocycles. The summed E-state index contributed by atoms with van der Waals surface area (Å²) < 4.78 is 26.1. The molecule has 0 saturated carbocycles. The van der Waals surface area contributed by atoms with Gasteiger partial charge >= 0.3 is 0 Å². The normalized spacial score (nSPS) is 11.9. The molecule has 16 heavy (non-hydrogen) atoms. The van der Waals surface area contributed by atoms with Crippen LogP contribution < -0.4 is 4.72 Å². The number of sulfonamides is 1. The van der Waals surface area contributed by atoms with Crippen LogP contribution in [0.2, 0.25) is 0 Å². The number of rotatable bonds is 6. The van der Waals surface area contributed by atoms with Gasteiger partial charge in [-0.15, -0.1) is 23.5 Å². The van der Waals surface area contributed by atoms with E-state index in [1.807, 2.05) is 42.8 Å². The molecule has 0 aliphatic rings. The van der Waals surface area contributed by atoms with Crippen LogP contribution in [0.15, 0.2) is 30.3 Å². The minimum absolute atomic E-state index is 0.0332. The maximum atomic E-state index is 11.8. The van der Waals surface area contributed by atoms with Gasteiger partial charge in [-0.05, 0) is 18.1 Å². The van der Waals surface area contributed by atoms with Gasteiger partial charge in [-0.2, -0.15) is 4.72 Å². The highest BCUT2D eigenvalue weighted by atomic mass is 32.2. The van der Waals surface area contributed by atoms with Crippen LogP contribution in [0.3, 0.4) is 0 Å². The molecule has 0 saturated heterocycles. The second kappa shape index (κ2) is 6.54. The highest BCUT2D eigenvalue weighted by Crippen LogP contribution is 2.17. The Morgan fingerprint density at radius 2 is 1.75 bits per heavy atom. The molecule has 0 heterocycles. The monoisotopic (exact) mass is 277 g/mol. The van der Waals surface area contributed by atoms with E-state index >= 15 is 0 Å². The quantitative estimate of drug-likeness (QED) is 0.809. The molecule has 6 heteroatoms. The predicted molar refractivity (Wildman–Crippen MR) is 73.0 cm³/mol. The molecule has 1 rings (SSSR count). The first-order chi connectivity index (χ1) is 7.57. The second-order valence-electron chi connectivity index (χ2n) is 3.17. The van der Waals surface area contributed by atoms with Gasteiger partial charge in [-0.1, -0.05) is 30.3 Å². The van der Waals surface area contributed by atoms with Crippen LogP contribution in [0.1, 0.15) is 5.56 Å². The van der Waals surface area contributed by atoms with Crippen molar-refractivity contribution >= 4 is 33.5 Å². The molecule has 0 amide bonds. The summed E-state index contributed by atoms with van der Waals surface area (Å²) in [6.45, 7) is 0. The van der Waals surface area contributed by atoms with Crippen molar-refractivity contribution in [2.45, 2.75) is 10.5 Å². The highest BCUT2D eigenvalue weighted by Gasteiger charge is 2.16. The Labute approximate surface area is 105 Å². The average molecular weight is 277 g/mol. The number of benzene rings is 1. The van der Waals surface area contributed by atoms with Crippen molar-refractivity contribution in [3.05, 3.63) is 35.9 Å². The van der Waals surface area contributed by atoms with Crippen LogP contribution in [0, 0.1) is 0 Å². The van der Waals surface area contributed by atoms with Crippen LogP contribution in [0.25, 0.3) is 0 Å². The van der Waals surface area contributed by atoms with Gasteiger partial charge in [0, 0.05) is 0 Å². The van der Waals surface area contributed by atoms with Gasteiger partial charge in [0.1, 0.15) is 4.71 Å². The molecule has 0 fully saturated rings. The van der Waals surface area contributed by atoms with Crippen molar-refractivity contribution in [3.63, 3.8) is 0 Å². The third-order valence-electron chi connectivity index (χ3n) is 1.90. The van der Waals surface area contributed by atoms with Gasteiger partial charge < -0.3 is 0 Å². The second-order valence-corrected chi connectivity index (χ2v) is 7.10. The highest BCUT2D eigenvalue weighted by molar-refractivity contribution is 8.16. The summed E-state index contributed by atoms with van der Waals surface area (Å²) in [7, 11) is -3.25. The first-order valence-electron chi connectivity index (χ1n) is 4.67. The summed E-state index contributed by atoms with van der Waals surface area (Å²) in [6, 6.07) is 9.17. The van der Waals surface area contributed by atoms with Gasteiger partial charge in [-0.25, -0.2) is 8.42 Å². The Bertz CT molecular complexity index is 401. The fourth-order valence-corrected chi connectivity index (χ4v) is 4.60. The van der Waals surface area contributed by atoms with Crippen molar-refractivity contribution in [2.24, 2.45) is 0 Å². The van der Waals surface area contributed by atoms with Crippen molar-refractivity contribution in [1.82, 2.24) is 4.72 Å². The zero-order valence-corrected chi connectivity index (χ0v) is 11.7. The van der Waals surface area contributed by atoms with E-state index in [0.717, 1.165) is 5.56 Å². The van der Waals surface area contributed by atoms with Gasteiger partial charge in [0.15, 0.2) is 0 Å². The molecule has 90 valence electrons. The fraction of sp³-hybridized carbons (Fsp3) is 0.400. The lowest BCUT2D eigenvalue weighted by Crippen LogP contribution is -2.31. The standard InChI is InChI=1S/C10H15NO2S3/c1-14-10(15-2)11-16(12,13)8-9-6-4-3-5-7-9/h3-7,10-11H,8H2,1-2H3. The molecule has 1 aromatic carbocycles. The third-order valence-corrected chi connectivity index (χ3v) is 5.76. The molecule has 0 atom stereocenters. The number of hydrogen-bond acceptors (Lipinski definition) is 4. The molecular formula is C10H15NO2S3. The molecule has 1 aromatic rings. The minimum Gasteiger partial charge on any atom is -0.212 e. The molecule has 0 aliphatic carbocycles. The Balaban J connectivity index is 2.66. The van der Waals surface area contributed by atoms with Crippen LogP contribution in [0.4, 0.5) is 0 Å². The molecular weight excluding hydrogens is 262 g/mol. The third kappa shape index (κ3) is 4.78. The number of hydrogen-bond donors (Lipinski definition) is 1. The summed E-state index contributed by atoms with van der Waals surface area (Å²) in [6.07, 6.45) is 3.76. The first-order valence-corrected chi connectivity index (χ1v) is 8.90. The van der Waals surface area contributed by atoms with Gasteiger partial charge in [0.2, 0.25) is 10.0 Å². The topological polar surface area (TPSA) is 46.2 Å². The Morgan fingerprint density at radius 1 is 1.19 bits per heavy atom. The molecule has 0 bridgehead atoms. The van der Waals surface area contributed by atoms with E-state index in [0.29, 0.717) is 0 Å². The van der Waals surface area contributed by atoms with Gasteiger partial charge in [0.25, 0.3) is 0 Å². The first kappa shape index (κ1) is 13.9. The largest absolute Gasteiger partial charge is 0.217 e. The lowest BCUT2D eigenvalue weighted by molar-refractivity contribution is 0.585. The maximum Gasteiger partial charge on any atom is 0.217 e. The van der Waals surface area contributed by atoms with E-state index in [9.17, 15) is 8.42 Å². The zero-order chi connectivity index (χ0) is 12.0. The smallest absolute Gasteiger partial charge is 0.212 e. The van der Waals surface area contributed by atoms with E-state index in [2.05, 4.69) is 4.72 Å². The average Bonchev–Trinajstić information content (AvgIpc) is 2.26. The number of thioether (sulfide) groups is 2. The predicted octanol–water partition coefficient (Wildman–Crippen LogP) is 2.12. The van der Waals surface area contributed by atoms with Crippen molar-refractivity contribution in [1.29, 1.82) is 0 Å². The summed E-state index contributed by atoms with van der Waals surface area (Å²) in [5.74, 6) is 0.0332. The van der Waals surface area contributed by atoms with E-state index in [1.54, 1.807) is 0 Å². The van der Waals surface area contributed by atoms with E-state index in [4.69, 9.17) is 0 Å². The molecule has 0 unspecified atom stereocenters. The van der Waals surface area contributed by atoms with Crippen LogP contribution in [0.5, 0.6) is 0 Å². The van der Waals surface area contributed by atoms with Gasteiger partial charge in [0.05, 0.1) is 5.75 Å². The lowest BCUT2D eigenvalue weighted by Gasteiger charge is -2.13. The SMILES string of the molecule is CSC(NS(=O)(=O)Cc1ccccc1)SC. The Morgan fingerprint density at radius 3 is 2.25 bits per heavy atom. The zero-order valence-electron chi connectivity index (χ0n) is 9.21. The lowest BCUT2D eigenvalue weighted by atomic mass is 10.2. The van der Waals surface area contributed by atoms with Crippen molar-refractivity contribution in [3.8, 4) is 0 Å². The van der Waals surface area contributed by atoms with E-state index < -0.39 is 10.0 Å². The Hall–Kier alpha value is -0.170. The van der Waals surface area contributed by atoms with Gasteiger partial charge in [-0.3, -0.25) is 0 Å². The molecule has 3 nitrogen and oxygen atoms in total. The Kier molecular flexibility index (Phi) is 5.68. The van der Waals surface area contributed by atoms with Crippen LogP contribution >= 0.6 is 23.5 Å². The molecule has 1 N–H and O–H groups in total. The molecule has 0 aromatic heterocycles. The molecule has 0 spiro atoms. The minimum atomic E-state index is -3.25. The van der Waals surface area contributed by atoms with Crippen LogP contribution in [-0.2, 0) is 15.8 Å². The van der Waals surface area contributed by atoms with Crippen LogP contribution in [-0.4, -0.2) is 25.6 Å². The van der Waals surface area contributed by atoms with E-state index in [1.165, 1.54) is 23.5 Å². The summed E-state index contributed by atoms with van der Waals surface area (Å²) in [4.78, 5) is 0. The summed E-state index contributed by atoms with van der Waals surface area (Å²) >= 11 is 2.96.